The lowest BCUT2D eigenvalue weighted by Gasteiger charge is -2.30. The van der Waals surface area contributed by atoms with Gasteiger partial charge in [-0.15, -0.1) is 10.2 Å². The van der Waals surface area contributed by atoms with E-state index in [-0.39, 0.29) is 5.91 Å². The Bertz CT molecular complexity index is 1010. The van der Waals surface area contributed by atoms with Crippen LogP contribution in [0.15, 0.2) is 59.8 Å². The first-order valence-electron chi connectivity index (χ1n) is 9.73. The van der Waals surface area contributed by atoms with Gasteiger partial charge in [0, 0.05) is 17.5 Å². The van der Waals surface area contributed by atoms with Crippen LogP contribution in [0.2, 0.25) is 0 Å². The minimum Gasteiger partial charge on any atom is -0.447 e. The van der Waals surface area contributed by atoms with Crippen molar-refractivity contribution in [3.05, 3.63) is 60.2 Å². The molecule has 0 saturated carbocycles. The number of fused-ring (bicyclic) bond motifs is 3. The fourth-order valence-corrected chi connectivity index (χ4v) is 3.85. The second-order valence-corrected chi connectivity index (χ2v) is 7.82. The van der Waals surface area contributed by atoms with E-state index in [1.807, 2.05) is 68.4 Å². The number of carbonyl (C=O) groups excluding carboxylic acids is 1. The number of benzene rings is 2. The lowest BCUT2D eigenvalue weighted by molar-refractivity contribution is -0.120. The maximum atomic E-state index is 13.2. The summed E-state index contributed by atoms with van der Waals surface area (Å²) in [5, 5.41) is 9.21. The third kappa shape index (κ3) is 3.82. The minimum atomic E-state index is -0.631. The van der Waals surface area contributed by atoms with Gasteiger partial charge in [-0.2, -0.15) is 4.98 Å². The van der Waals surface area contributed by atoms with Gasteiger partial charge in [0.05, 0.1) is 5.69 Å². The smallest absolute Gasteiger partial charge is 0.247 e. The normalized spacial score (nSPS) is 15.1. The van der Waals surface area contributed by atoms with E-state index in [1.54, 1.807) is 4.90 Å². The molecule has 3 aromatic rings. The van der Waals surface area contributed by atoms with E-state index in [0.717, 1.165) is 29.0 Å². The molecule has 7 heteroatoms. The van der Waals surface area contributed by atoms with Crippen molar-refractivity contribution in [3.8, 4) is 17.1 Å². The van der Waals surface area contributed by atoms with Crippen LogP contribution in [0.3, 0.4) is 0 Å². The number of nitrogens with zero attached hydrogens (tertiary/aromatic N) is 4. The van der Waals surface area contributed by atoms with Crippen LogP contribution in [0.4, 0.5) is 5.69 Å². The van der Waals surface area contributed by atoms with E-state index in [2.05, 4.69) is 15.2 Å². The van der Waals surface area contributed by atoms with Crippen molar-refractivity contribution in [1.82, 2.24) is 15.2 Å². The summed E-state index contributed by atoms with van der Waals surface area (Å²) in [6, 6.07) is 17.4. The fourth-order valence-electron chi connectivity index (χ4n) is 3.34. The second kappa shape index (κ2) is 8.61. The summed E-state index contributed by atoms with van der Waals surface area (Å²) in [6.07, 6.45) is 0.545. The van der Waals surface area contributed by atoms with Crippen LogP contribution in [0.1, 0.15) is 38.5 Å². The average Bonchev–Trinajstić information content (AvgIpc) is 2.89. The van der Waals surface area contributed by atoms with Crippen molar-refractivity contribution in [1.29, 1.82) is 0 Å². The van der Waals surface area contributed by atoms with Crippen molar-refractivity contribution < 1.29 is 9.53 Å². The highest BCUT2D eigenvalue weighted by Gasteiger charge is 2.35. The molecule has 1 aliphatic rings. The number of amides is 1. The predicted octanol–water partition coefficient (Wildman–Crippen LogP) is 4.87. The van der Waals surface area contributed by atoms with Gasteiger partial charge >= 0.3 is 0 Å². The number of carbonyl (C=O) groups is 1. The molecule has 1 amide bonds. The van der Waals surface area contributed by atoms with Crippen molar-refractivity contribution in [2.75, 3.05) is 10.7 Å². The Balaban J connectivity index is 1.93. The van der Waals surface area contributed by atoms with Crippen LogP contribution in [0.25, 0.3) is 11.3 Å². The third-order valence-corrected chi connectivity index (χ3v) is 5.32. The number of thioether (sulfide) groups is 1. The van der Waals surface area contributed by atoms with Crippen LogP contribution >= 0.6 is 11.8 Å². The van der Waals surface area contributed by atoms with E-state index in [4.69, 9.17) is 4.74 Å². The van der Waals surface area contributed by atoms with Crippen molar-refractivity contribution in [3.63, 3.8) is 0 Å². The molecule has 0 saturated heterocycles. The predicted molar refractivity (Wildman–Crippen MR) is 114 cm³/mol. The van der Waals surface area contributed by atoms with Gasteiger partial charge in [0.1, 0.15) is 0 Å². The molecule has 0 N–H and O–H groups in total. The van der Waals surface area contributed by atoms with Crippen molar-refractivity contribution >= 4 is 23.4 Å². The van der Waals surface area contributed by atoms with Gasteiger partial charge < -0.3 is 4.74 Å². The molecule has 0 radical (unpaired) electrons. The standard InChI is InChI=1S/C22H22N4O2S/c1-3-10-18(27)26-17-14-9-8-13-16(17)19-20(23-22(25-24-19)29-4-2)28-21(26)15-11-6-5-7-12-15/h5-9,11-14,21H,3-4,10H2,1-2H3. The zero-order chi connectivity index (χ0) is 20.2. The number of ether oxygens (including phenoxy) is 1. The highest BCUT2D eigenvalue weighted by Crippen LogP contribution is 2.43. The average molecular weight is 407 g/mol. The SMILES string of the molecule is CCCC(=O)N1c2ccccc2-c2nnc(SCC)nc2OC1c1ccccc1. The molecule has 0 aliphatic carbocycles. The molecule has 0 bridgehead atoms. The van der Waals surface area contributed by atoms with E-state index in [1.165, 1.54) is 11.8 Å². The molecular formula is C22H22N4O2S. The zero-order valence-electron chi connectivity index (χ0n) is 16.4. The third-order valence-electron chi connectivity index (χ3n) is 4.60. The Kier molecular flexibility index (Phi) is 5.76. The molecule has 2 heterocycles. The first kappa shape index (κ1) is 19.4. The molecule has 1 aliphatic heterocycles. The number of para-hydroxylation sites is 1. The Hall–Kier alpha value is -2.93. The zero-order valence-corrected chi connectivity index (χ0v) is 17.2. The van der Waals surface area contributed by atoms with E-state index >= 15 is 0 Å². The molecule has 0 fully saturated rings. The number of hydrogen-bond donors (Lipinski definition) is 0. The maximum absolute atomic E-state index is 13.2. The first-order valence-corrected chi connectivity index (χ1v) is 10.7. The molecule has 1 atom stereocenters. The van der Waals surface area contributed by atoms with Gasteiger partial charge in [-0.05, 0) is 18.2 Å². The lowest BCUT2D eigenvalue weighted by atomic mass is 10.1. The fraction of sp³-hybridized carbons (Fsp3) is 0.273. The minimum absolute atomic E-state index is 0.00211. The van der Waals surface area contributed by atoms with Gasteiger partial charge in [-0.3, -0.25) is 9.69 Å². The van der Waals surface area contributed by atoms with Gasteiger partial charge in [0.15, 0.2) is 5.69 Å². The number of anilines is 1. The molecule has 1 aromatic heterocycles. The number of rotatable bonds is 5. The van der Waals surface area contributed by atoms with E-state index in [9.17, 15) is 4.79 Å². The number of aromatic nitrogens is 3. The molecule has 2 aromatic carbocycles. The van der Waals surface area contributed by atoms with Crippen LogP contribution < -0.4 is 9.64 Å². The van der Waals surface area contributed by atoms with Gasteiger partial charge in [0.25, 0.3) is 0 Å². The molecule has 1 unspecified atom stereocenters. The Morgan fingerprint density at radius 1 is 1.07 bits per heavy atom. The Morgan fingerprint density at radius 3 is 2.59 bits per heavy atom. The van der Waals surface area contributed by atoms with Crippen molar-refractivity contribution in [2.45, 2.75) is 38.1 Å². The monoisotopic (exact) mass is 406 g/mol. The van der Waals surface area contributed by atoms with E-state index < -0.39 is 6.23 Å². The van der Waals surface area contributed by atoms with Crippen LogP contribution in [0.5, 0.6) is 5.88 Å². The van der Waals surface area contributed by atoms with Gasteiger partial charge in [-0.25, -0.2) is 0 Å². The second-order valence-electron chi connectivity index (χ2n) is 6.59. The van der Waals surface area contributed by atoms with Crippen LogP contribution in [-0.2, 0) is 4.79 Å². The highest BCUT2D eigenvalue weighted by atomic mass is 32.2. The largest absolute Gasteiger partial charge is 0.447 e. The van der Waals surface area contributed by atoms with Crippen LogP contribution in [0, 0.1) is 0 Å². The Labute approximate surface area is 174 Å². The molecular weight excluding hydrogens is 384 g/mol. The molecule has 148 valence electrons. The summed E-state index contributed by atoms with van der Waals surface area (Å²) in [5.74, 6) is 1.22. The van der Waals surface area contributed by atoms with Gasteiger partial charge in [-0.1, -0.05) is 74.1 Å². The quantitative estimate of drug-likeness (QED) is 0.563. The lowest BCUT2D eigenvalue weighted by Crippen LogP contribution is -2.37. The topological polar surface area (TPSA) is 68.2 Å². The molecule has 0 spiro atoms. The highest BCUT2D eigenvalue weighted by molar-refractivity contribution is 7.99. The van der Waals surface area contributed by atoms with Gasteiger partial charge in [0.2, 0.25) is 23.2 Å². The van der Waals surface area contributed by atoms with E-state index in [0.29, 0.717) is 23.2 Å². The molecule has 29 heavy (non-hydrogen) atoms. The maximum Gasteiger partial charge on any atom is 0.247 e. The molecule has 4 rings (SSSR count). The molecule has 6 nitrogen and oxygen atoms in total. The summed E-state index contributed by atoms with van der Waals surface area (Å²) < 4.78 is 6.37. The first-order chi connectivity index (χ1) is 14.2. The van der Waals surface area contributed by atoms with Crippen molar-refractivity contribution in [2.24, 2.45) is 0 Å². The Morgan fingerprint density at radius 2 is 1.83 bits per heavy atom. The summed E-state index contributed by atoms with van der Waals surface area (Å²) in [6.45, 7) is 4.03. The summed E-state index contributed by atoms with van der Waals surface area (Å²) in [7, 11) is 0. The summed E-state index contributed by atoms with van der Waals surface area (Å²) in [4.78, 5) is 19.5. The summed E-state index contributed by atoms with van der Waals surface area (Å²) in [5.41, 5.74) is 2.97. The summed E-state index contributed by atoms with van der Waals surface area (Å²) >= 11 is 1.50. The van der Waals surface area contributed by atoms with Crippen LogP contribution in [-0.4, -0.2) is 26.8 Å². The number of hydrogen-bond acceptors (Lipinski definition) is 6.